The fourth-order valence-corrected chi connectivity index (χ4v) is 9.77. The lowest BCUT2D eigenvalue weighted by atomic mass is 10.1. The molecule has 0 spiro atoms. The topological polar surface area (TPSA) is 108 Å². The van der Waals surface area contributed by atoms with E-state index >= 15 is 8.78 Å². The molecule has 9 nitrogen and oxygen atoms in total. The summed E-state index contributed by atoms with van der Waals surface area (Å²) in [5.41, 5.74) is 2.96. The average molecular weight is 855 g/mol. The Kier molecular flexibility index (Phi) is 9.69. The van der Waals surface area contributed by atoms with Gasteiger partial charge in [0.1, 0.15) is 47.8 Å². The van der Waals surface area contributed by atoms with Gasteiger partial charge in [0, 0.05) is 27.2 Å². The van der Waals surface area contributed by atoms with Crippen LogP contribution in [-0.2, 0) is 23.3 Å². The van der Waals surface area contributed by atoms with Crippen LogP contribution in [0.2, 0.25) is 20.1 Å². The molecule has 0 aliphatic carbocycles. The normalized spacial score (nSPS) is 13.9. The molecule has 272 valence electrons. The molecule has 53 heavy (non-hydrogen) atoms. The second-order valence-corrected chi connectivity index (χ2v) is 17.1. The highest BCUT2D eigenvalue weighted by Crippen LogP contribution is 2.49. The molecule has 0 atom stereocenters. The maximum atomic E-state index is 16.0. The van der Waals surface area contributed by atoms with E-state index in [0.717, 1.165) is 16.2 Å². The predicted molar refractivity (Wildman–Crippen MR) is 204 cm³/mol. The van der Waals surface area contributed by atoms with Gasteiger partial charge in [0.25, 0.3) is 0 Å². The summed E-state index contributed by atoms with van der Waals surface area (Å²) in [6.45, 7) is -0.0184. The van der Waals surface area contributed by atoms with Gasteiger partial charge in [-0.1, -0.05) is 46.4 Å². The number of fused-ring (bicyclic) bond motifs is 6. The maximum absolute atomic E-state index is 16.0. The highest BCUT2D eigenvalue weighted by atomic mass is 35.5. The van der Waals surface area contributed by atoms with Gasteiger partial charge in [-0.05, 0) is 79.3 Å². The van der Waals surface area contributed by atoms with Crippen LogP contribution in [-0.4, -0.2) is 32.5 Å². The molecule has 2 aliphatic heterocycles. The van der Waals surface area contributed by atoms with E-state index in [1.165, 1.54) is 40.3 Å². The zero-order chi connectivity index (χ0) is 37.2. The Morgan fingerprint density at radius 2 is 1.32 bits per heavy atom. The fourth-order valence-electron chi connectivity index (χ4n) is 6.08. The SMILES string of the molecule is O=S(=O)(O)c1cc2c(s1)-c1c(c(C(F)=CCCCC=C(F)c3nn(-c4ccc(Cl)cc4Cl)c4c3COc3ccsc3-4)nn1-c1ccc(Cl)cc1Cl)CO2. The van der Waals surface area contributed by atoms with Crippen molar-refractivity contribution in [3.63, 3.8) is 0 Å². The first-order valence-corrected chi connectivity index (χ1v) is 20.4. The number of unbranched alkanes of at least 4 members (excludes halogenated alkanes) is 2. The van der Waals surface area contributed by atoms with Crippen molar-refractivity contribution in [1.29, 1.82) is 0 Å². The Hall–Kier alpha value is -3.73. The molecule has 1 N–H and O–H groups in total. The number of aromatic nitrogens is 4. The van der Waals surface area contributed by atoms with E-state index in [2.05, 4.69) is 10.2 Å². The van der Waals surface area contributed by atoms with Crippen LogP contribution in [0.25, 0.3) is 44.2 Å². The zero-order valence-corrected chi connectivity index (χ0v) is 32.2. The van der Waals surface area contributed by atoms with E-state index in [0.29, 0.717) is 66.0 Å². The number of allylic oxidation sites excluding steroid dienone is 2. The fraction of sp³-hybridized carbons (Fsp3) is 0.143. The van der Waals surface area contributed by atoms with Gasteiger partial charge in [0.05, 0.1) is 42.6 Å². The molecule has 6 aromatic rings. The number of halogens is 6. The Labute approximate surface area is 329 Å². The number of hydrogen-bond acceptors (Lipinski definition) is 8. The van der Waals surface area contributed by atoms with Crippen molar-refractivity contribution in [3.8, 4) is 44.0 Å². The standard InChI is InChI=1S/C35H22Cl4F2N4O5S3/c36-17-6-8-25(21(38)12-17)44-32-19(15-49-27-10-11-51-34(27)32)30(42-44)23(40)4-2-1-3-5-24(41)31-20-16-50-28-14-29(53(46,47)48)52-35(28)33(20)45(43-31)26-9-7-18(37)13-22(26)39/h4-14H,1-3,15-16H2,(H,46,47,48). The molecule has 0 saturated heterocycles. The van der Waals surface area contributed by atoms with E-state index in [1.54, 1.807) is 35.0 Å². The van der Waals surface area contributed by atoms with Gasteiger partial charge in [0.15, 0.2) is 4.21 Å². The summed E-state index contributed by atoms with van der Waals surface area (Å²) in [5, 5.41) is 12.4. The summed E-state index contributed by atoms with van der Waals surface area (Å²) in [5.74, 6) is -0.356. The quantitative estimate of drug-likeness (QED) is 0.114. The number of benzene rings is 2. The molecular weight excluding hydrogens is 832 g/mol. The molecule has 0 saturated carbocycles. The van der Waals surface area contributed by atoms with E-state index in [4.69, 9.17) is 55.9 Å². The smallest absolute Gasteiger partial charge is 0.304 e. The molecule has 2 aromatic carbocycles. The summed E-state index contributed by atoms with van der Waals surface area (Å²) >= 11 is 27.5. The van der Waals surface area contributed by atoms with E-state index in [-0.39, 0.29) is 52.4 Å². The molecule has 18 heteroatoms. The minimum Gasteiger partial charge on any atom is -0.487 e. The molecule has 0 unspecified atom stereocenters. The minimum atomic E-state index is -4.54. The van der Waals surface area contributed by atoms with Crippen LogP contribution in [0.15, 0.2) is 70.3 Å². The highest BCUT2D eigenvalue weighted by Gasteiger charge is 2.34. The summed E-state index contributed by atoms with van der Waals surface area (Å²) in [6, 6.07) is 12.8. The second kappa shape index (κ2) is 14.2. The summed E-state index contributed by atoms with van der Waals surface area (Å²) in [4.78, 5) is 1.12. The van der Waals surface area contributed by atoms with Crippen molar-refractivity contribution in [3.05, 3.63) is 109 Å². The van der Waals surface area contributed by atoms with Crippen molar-refractivity contribution in [2.45, 2.75) is 36.7 Å². The third kappa shape index (κ3) is 6.69. The highest BCUT2D eigenvalue weighted by molar-refractivity contribution is 7.88. The van der Waals surface area contributed by atoms with Crippen molar-refractivity contribution in [2.24, 2.45) is 0 Å². The Balaban J connectivity index is 1.07. The molecular formula is C35H22Cl4F2N4O5S3. The Bertz CT molecular complexity index is 2630. The van der Waals surface area contributed by atoms with E-state index < -0.39 is 21.8 Å². The van der Waals surface area contributed by atoms with E-state index in [1.807, 2.05) is 11.4 Å². The van der Waals surface area contributed by atoms with Gasteiger partial charge in [-0.2, -0.15) is 18.6 Å². The van der Waals surface area contributed by atoms with Crippen LogP contribution in [0.1, 0.15) is 41.8 Å². The third-order valence-electron chi connectivity index (χ3n) is 8.48. The van der Waals surface area contributed by atoms with Crippen molar-refractivity contribution < 1.29 is 31.2 Å². The number of thiophene rings is 2. The third-order valence-corrected chi connectivity index (χ3v) is 12.9. The molecule has 0 radical (unpaired) electrons. The Morgan fingerprint density at radius 3 is 1.85 bits per heavy atom. The van der Waals surface area contributed by atoms with Crippen LogP contribution in [0.5, 0.6) is 11.5 Å². The van der Waals surface area contributed by atoms with Crippen molar-refractivity contribution in [1.82, 2.24) is 19.6 Å². The minimum absolute atomic E-state index is 0.0360. The van der Waals surface area contributed by atoms with Crippen LogP contribution in [0, 0.1) is 0 Å². The monoisotopic (exact) mass is 852 g/mol. The lowest BCUT2D eigenvalue weighted by Crippen LogP contribution is -2.06. The van der Waals surface area contributed by atoms with Crippen LogP contribution >= 0.6 is 69.1 Å². The van der Waals surface area contributed by atoms with Crippen LogP contribution in [0.4, 0.5) is 8.78 Å². The van der Waals surface area contributed by atoms with Gasteiger partial charge in [0.2, 0.25) is 0 Å². The molecule has 2 aliphatic rings. The first-order valence-electron chi connectivity index (χ1n) is 15.7. The molecule has 0 bridgehead atoms. The second-order valence-electron chi connectivity index (χ2n) is 11.8. The van der Waals surface area contributed by atoms with Gasteiger partial charge in [-0.15, -0.1) is 22.7 Å². The summed E-state index contributed by atoms with van der Waals surface area (Å²) in [7, 11) is -4.54. The van der Waals surface area contributed by atoms with Gasteiger partial charge < -0.3 is 9.47 Å². The van der Waals surface area contributed by atoms with Gasteiger partial charge >= 0.3 is 10.1 Å². The lowest BCUT2D eigenvalue weighted by molar-refractivity contribution is 0.302. The lowest BCUT2D eigenvalue weighted by Gasteiger charge is -2.16. The number of nitrogens with zero attached hydrogens (tertiary/aromatic N) is 4. The predicted octanol–water partition coefficient (Wildman–Crippen LogP) is 11.7. The number of rotatable bonds is 9. The van der Waals surface area contributed by atoms with Gasteiger partial charge in [-0.25, -0.2) is 18.1 Å². The maximum Gasteiger partial charge on any atom is 0.304 e. The number of ether oxygens (including phenoxy) is 2. The van der Waals surface area contributed by atoms with Crippen molar-refractivity contribution in [2.75, 3.05) is 0 Å². The number of hydrogen-bond donors (Lipinski definition) is 1. The first-order chi connectivity index (χ1) is 25.4. The van der Waals surface area contributed by atoms with Crippen LogP contribution in [0.3, 0.4) is 0 Å². The van der Waals surface area contributed by atoms with Gasteiger partial charge in [-0.3, -0.25) is 4.55 Å². The summed E-state index contributed by atoms with van der Waals surface area (Å²) in [6.07, 6.45) is 3.63. The zero-order valence-electron chi connectivity index (χ0n) is 26.7. The van der Waals surface area contributed by atoms with E-state index in [9.17, 15) is 13.0 Å². The Morgan fingerprint density at radius 1 is 0.792 bits per heavy atom. The summed E-state index contributed by atoms with van der Waals surface area (Å²) < 4.78 is 79.7. The molecule has 4 aromatic heterocycles. The first kappa shape index (κ1) is 36.3. The molecule has 0 fully saturated rings. The van der Waals surface area contributed by atoms with Crippen molar-refractivity contribution >= 4 is 90.8 Å². The molecule has 8 rings (SSSR count). The molecule has 6 heterocycles. The average Bonchev–Trinajstić information content (AvgIpc) is 3.91. The largest absolute Gasteiger partial charge is 0.487 e. The van der Waals surface area contributed by atoms with Crippen LogP contribution < -0.4 is 9.47 Å². The molecule has 0 amide bonds.